The minimum Gasteiger partial charge on any atom is -0.296 e. The average molecular weight is 374 g/mol. The highest BCUT2D eigenvalue weighted by atomic mass is 32.1. The van der Waals surface area contributed by atoms with Crippen molar-refractivity contribution in [3.05, 3.63) is 43.2 Å². The third kappa shape index (κ3) is 3.15. The van der Waals surface area contributed by atoms with Gasteiger partial charge in [0.15, 0.2) is 5.65 Å². The number of carbonyl (C=O) groups is 1. The Bertz CT molecular complexity index is 1110. The summed E-state index contributed by atoms with van der Waals surface area (Å²) in [4.78, 5) is 44.0. The molecule has 0 unspecified atom stereocenters. The molecule has 3 aromatic rings. The van der Waals surface area contributed by atoms with Crippen molar-refractivity contribution in [3.8, 4) is 0 Å². The van der Waals surface area contributed by atoms with Crippen LogP contribution in [0.15, 0.2) is 15.7 Å². The smallest absolute Gasteiger partial charge is 0.296 e. The van der Waals surface area contributed by atoms with Gasteiger partial charge in [-0.15, -0.1) is 10.2 Å². The Kier molecular flexibility index (Phi) is 4.68. The van der Waals surface area contributed by atoms with E-state index in [1.807, 2.05) is 13.8 Å². The van der Waals surface area contributed by atoms with E-state index in [0.717, 1.165) is 0 Å². The van der Waals surface area contributed by atoms with Crippen LogP contribution in [0.25, 0.3) is 11.0 Å². The normalized spacial score (nSPS) is 11.3. The van der Waals surface area contributed by atoms with Gasteiger partial charge in [-0.25, -0.2) is 9.78 Å². The van der Waals surface area contributed by atoms with Crippen LogP contribution in [0.1, 0.15) is 47.7 Å². The number of aromatic nitrogens is 5. The highest BCUT2D eigenvalue weighted by molar-refractivity contribution is 7.15. The van der Waals surface area contributed by atoms with Crippen LogP contribution in [-0.2, 0) is 6.54 Å². The molecule has 0 aromatic carbocycles. The Morgan fingerprint density at radius 1 is 1.35 bits per heavy atom. The number of rotatable bonds is 4. The number of nitrogens with zero attached hydrogens (tertiary/aromatic N) is 4. The van der Waals surface area contributed by atoms with E-state index in [4.69, 9.17) is 0 Å². The molecule has 0 fully saturated rings. The molecule has 9 nitrogen and oxygen atoms in total. The molecule has 3 rings (SSSR count). The van der Waals surface area contributed by atoms with Crippen LogP contribution < -0.4 is 16.6 Å². The summed E-state index contributed by atoms with van der Waals surface area (Å²) in [5.41, 5.74) is -0.232. The molecule has 3 aromatic heterocycles. The molecule has 3 heterocycles. The summed E-state index contributed by atoms with van der Waals surface area (Å²) in [6.45, 7) is 7.71. The van der Waals surface area contributed by atoms with Gasteiger partial charge >= 0.3 is 5.69 Å². The first-order valence-electron chi connectivity index (χ1n) is 8.11. The predicted octanol–water partition coefficient (Wildman–Crippen LogP) is 1.64. The Hall–Kier alpha value is -2.88. The highest BCUT2D eigenvalue weighted by Gasteiger charge is 2.21. The maximum Gasteiger partial charge on any atom is 0.329 e. The van der Waals surface area contributed by atoms with E-state index >= 15 is 0 Å². The molecule has 0 aliphatic carbocycles. The van der Waals surface area contributed by atoms with Gasteiger partial charge in [-0.1, -0.05) is 25.2 Å². The molecule has 10 heteroatoms. The molecule has 0 spiro atoms. The van der Waals surface area contributed by atoms with Crippen LogP contribution in [0.4, 0.5) is 5.13 Å². The Morgan fingerprint density at radius 2 is 2.08 bits per heavy atom. The molecule has 1 amide bonds. The fraction of sp³-hybridized carbons (Fsp3) is 0.375. The Morgan fingerprint density at radius 3 is 2.65 bits per heavy atom. The number of carbonyl (C=O) groups excluding carboxylic acids is 1. The quantitative estimate of drug-likeness (QED) is 0.716. The summed E-state index contributed by atoms with van der Waals surface area (Å²) >= 11 is 1.23. The number of H-pyrrole nitrogens is 1. The lowest BCUT2D eigenvalue weighted by atomic mass is 10.0. The highest BCUT2D eigenvalue weighted by Crippen LogP contribution is 2.21. The summed E-state index contributed by atoms with van der Waals surface area (Å²) in [5.74, 6) is -0.489. The SMILES string of the molecule is CCn1c(=O)[nH]c(=O)c2c(C(=O)Nc3nnc(C)s3)cc(C(C)C)nc21. The average Bonchev–Trinajstić information content (AvgIpc) is 2.98. The van der Waals surface area contributed by atoms with Gasteiger partial charge in [0, 0.05) is 12.2 Å². The number of fused-ring (bicyclic) bond motifs is 1. The maximum atomic E-state index is 12.8. The first-order valence-corrected chi connectivity index (χ1v) is 8.92. The molecule has 26 heavy (non-hydrogen) atoms. The molecule has 136 valence electrons. The molecular weight excluding hydrogens is 356 g/mol. The lowest BCUT2D eigenvalue weighted by Gasteiger charge is -2.13. The minimum absolute atomic E-state index is 0.00872. The zero-order valence-electron chi connectivity index (χ0n) is 14.8. The number of anilines is 1. The van der Waals surface area contributed by atoms with E-state index in [1.54, 1.807) is 19.9 Å². The zero-order valence-corrected chi connectivity index (χ0v) is 15.6. The minimum atomic E-state index is -0.642. The van der Waals surface area contributed by atoms with Crippen molar-refractivity contribution < 1.29 is 4.79 Å². The number of aromatic amines is 1. The molecule has 0 saturated heterocycles. The van der Waals surface area contributed by atoms with Crippen molar-refractivity contribution in [3.63, 3.8) is 0 Å². The number of hydrogen-bond acceptors (Lipinski definition) is 7. The van der Waals surface area contributed by atoms with Gasteiger partial charge in [0.1, 0.15) is 5.01 Å². The third-order valence-electron chi connectivity index (χ3n) is 3.87. The summed E-state index contributed by atoms with van der Waals surface area (Å²) < 4.78 is 1.34. The number of amides is 1. The van der Waals surface area contributed by atoms with E-state index in [1.165, 1.54) is 15.9 Å². The van der Waals surface area contributed by atoms with Crippen LogP contribution in [-0.4, -0.2) is 30.6 Å². The molecule has 0 bridgehead atoms. The van der Waals surface area contributed by atoms with Crippen molar-refractivity contribution in [2.75, 3.05) is 5.32 Å². The molecule has 0 aliphatic rings. The van der Waals surface area contributed by atoms with Gasteiger partial charge in [-0.05, 0) is 25.8 Å². The first kappa shape index (κ1) is 17.9. The number of aryl methyl sites for hydroxylation is 2. The maximum absolute atomic E-state index is 12.8. The van der Waals surface area contributed by atoms with Gasteiger partial charge in [0.2, 0.25) is 5.13 Å². The van der Waals surface area contributed by atoms with Gasteiger partial charge in [0.05, 0.1) is 10.9 Å². The zero-order chi connectivity index (χ0) is 19.0. The molecule has 0 atom stereocenters. The van der Waals surface area contributed by atoms with Gasteiger partial charge in [-0.3, -0.25) is 24.5 Å². The van der Waals surface area contributed by atoms with E-state index in [2.05, 4.69) is 25.5 Å². The standard InChI is InChI=1S/C16H18N6O3S/c1-5-22-12-11(14(24)19-16(22)25)9(6-10(17-12)7(2)3)13(23)18-15-21-20-8(4)26-15/h6-7H,5H2,1-4H3,(H,18,21,23)(H,19,24,25). The van der Waals surface area contributed by atoms with Crippen molar-refractivity contribution in [2.45, 2.75) is 40.2 Å². The second-order valence-electron chi connectivity index (χ2n) is 6.03. The van der Waals surface area contributed by atoms with Gasteiger partial charge in [0.25, 0.3) is 11.5 Å². The fourth-order valence-electron chi connectivity index (χ4n) is 2.57. The van der Waals surface area contributed by atoms with E-state index in [9.17, 15) is 14.4 Å². The first-order chi connectivity index (χ1) is 12.3. The van der Waals surface area contributed by atoms with Crippen LogP contribution in [0, 0.1) is 6.92 Å². The van der Waals surface area contributed by atoms with Crippen LogP contribution in [0.2, 0.25) is 0 Å². The fourth-order valence-corrected chi connectivity index (χ4v) is 3.16. The van der Waals surface area contributed by atoms with E-state index in [-0.39, 0.29) is 22.5 Å². The topological polar surface area (TPSA) is 123 Å². The lowest BCUT2D eigenvalue weighted by Crippen LogP contribution is -2.32. The predicted molar refractivity (Wildman–Crippen MR) is 99.0 cm³/mol. The lowest BCUT2D eigenvalue weighted by molar-refractivity contribution is 0.102. The van der Waals surface area contributed by atoms with Crippen LogP contribution in [0.3, 0.4) is 0 Å². The monoisotopic (exact) mass is 374 g/mol. The van der Waals surface area contributed by atoms with Crippen LogP contribution >= 0.6 is 11.3 Å². The molecule has 2 N–H and O–H groups in total. The molecule has 0 radical (unpaired) electrons. The van der Waals surface area contributed by atoms with Crippen molar-refractivity contribution >= 4 is 33.4 Å². The van der Waals surface area contributed by atoms with Crippen molar-refractivity contribution in [1.82, 2.24) is 24.7 Å². The van der Waals surface area contributed by atoms with Gasteiger partial charge < -0.3 is 0 Å². The number of nitrogens with one attached hydrogen (secondary N) is 2. The second kappa shape index (κ2) is 6.79. The summed E-state index contributed by atoms with van der Waals surface area (Å²) in [6, 6.07) is 1.58. The number of hydrogen-bond donors (Lipinski definition) is 2. The molecular formula is C16H18N6O3S. The molecule has 0 aliphatic heterocycles. The Labute approximate surface area is 152 Å². The summed E-state index contributed by atoms with van der Waals surface area (Å²) in [5, 5.41) is 11.5. The van der Waals surface area contributed by atoms with E-state index in [0.29, 0.717) is 22.4 Å². The van der Waals surface area contributed by atoms with E-state index < -0.39 is 17.2 Å². The van der Waals surface area contributed by atoms with Gasteiger partial charge in [-0.2, -0.15) is 0 Å². The molecule has 0 saturated carbocycles. The van der Waals surface area contributed by atoms with Crippen molar-refractivity contribution in [1.29, 1.82) is 0 Å². The summed E-state index contributed by atoms with van der Waals surface area (Å²) in [6.07, 6.45) is 0. The largest absolute Gasteiger partial charge is 0.329 e. The third-order valence-corrected chi connectivity index (χ3v) is 4.62. The van der Waals surface area contributed by atoms with Crippen LogP contribution in [0.5, 0.6) is 0 Å². The number of pyridine rings is 1. The Balaban J connectivity index is 2.27. The second-order valence-corrected chi connectivity index (χ2v) is 7.21. The van der Waals surface area contributed by atoms with Crippen molar-refractivity contribution in [2.24, 2.45) is 0 Å². The summed E-state index contributed by atoms with van der Waals surface area (Å²) in [7, 11) is 0.